The molecule has 0 atom stereocenters. The Balaban J connectivity index is 2.48. The number of aromatic nitrogens is 1. The van der Waals surface area contributed by atoms with Gasteiger partial charge in [0.2, 0.25) is 0 Å². The van der Waals surface area contributed by atoms with Gasteiger partial charge >= 0.3 is 0 Å². The molecule has 0 aromatic carbocycles. The molecule has 0 aliphatic carbocycles. The van der Waals surface area contributed by atoms with Gasteiger partial charge in [0.05, 0.1) is 3.70 Å². The number of aromatic amines is 1. The van der Waals surface area contributed by atoms with Crippen LogP contribution in [0.25, 0.3) is 0 Å². The van der Waals surface area contributed by atoms with Gasteiger partial charge in [0.15, 0.2) is 0 Å². The van der Waals surface area contributed by atoms with Crippen LogP contribution in [0, 0.1) is 3.70 Å². The molecule has 1 N–H and O–H groups in total. The van der Waals surface area contributed by atoms with Crippen molar-refractivity contribution in [2.45, 2.75) is 65.2 Å². The van der Waals surface area contributed by atoms with Crippen LogP contribution in [0.3, 0.4) is 0 Å². The number of unbranched alkanes of at least 4 members (excludes halogenated alkanes) is 4. The Kier molecular flexibility index (Phi) is 7.17. The Morgan fingerprint density at radius 3 is 2.25 bits per heavy atom. The number of H-pyrrole nitrogens is 1. The summed E-state index contributed by atoms with van der Waals surface area (Å²) >= 11 is 2.44. The van der Waals surface area contributed by atoms with E-state index in [1.54, 1.807) is 11.1 Å². The fourth-order valence-electron chi connectivity index (χ4n) is 2.08. The third-order valence-corrected chi connectivity index (χ3v) is 4.07. The maximum absolute atomic E-state index is 3.38. The highest BCUT2D eigenvalue weighted by atomic mass is 127. The van der Waals surface area contributed by atoms with E-state index >= 15 is 0 Å². The minimum absolute atomic E-state index is 1.26. The van der Waals surface area contributed by atoms with Crippen LogP contribution in [0.15, 0.2) is 6.20 Å². The largest absolute Gasteiger partial charge is 0.356 e. The van der Waals surface area contributed by atoms with Crippen LogP contribution in [0.5, 0.6) is 0 Å². The molecule has 0 aliphatic rings. The maximum atomic E-state index is 3.38. The summed E-state index contributed by atoms with van der Waals surface area (Å²) in [4.78, 5) is 3.38. The third-order valence-electron chi connectivity index (χ3n) is 3.11. The second-order valence-corrected chi connectivity index (χ2v) is 5.60. The molecular formula is C14H24IN. The summed E-state index contributed by atoms with van der Waals surface area (Å²) < 4.78 is 1.36. The molecule has 0 radical (unpaired) electrons. The summed E-state index contributed by atoms with van der Waals surface area (Å²) in [7, 11) is 0. The molecule has 1 aromatic heterocycles. The molecule has 0 spiro atoms. The Bertz CT molecular complexity index is 291. The van der Waals surface area contributed by atoms with Crippen LogP contribution in [0.2, 0.25) is 0 Å². The van der Waals surface area contributed by atoms with E-state index in [0.717, 1.165) is 0 Å². The van der Waals surface area contributed by atoms with Gasteiger partial charge in [-0.25, -0.2) is 0 Å². The monoisotopic (exact) mass is 333 g/mol. The van der Waals surface area contributed by atoms with Crippen LogP contribution in [0.4, 0.5) is 0 Å². The van der Waals surface area contributed by atoms with Crippen molar-refractivity contribution in [3.63, 3.8) is 0 Å². The van der Waals surface area contributed by atoms with Gasteiger partial charge in [-0.1, -0.05) is 39.5 Å². The van der Waals surface area contributed by atoms with Gasteiger partial charge < -0.3 is 4.98 Å². The molecule has 1 heterocycles. The molecule has 1 aromatic rings. The summed E-state index contributed by atoms with van der Waals surface area (Å²) in [5.74, 6) is 0. The van der Waals surface area contributed by atoms with Crippen molar-refractivity contribution in [2.75, 3.05) is 0 Å². The lowest BCUT2D eigenvalue weighted by Gasteiger charge is -2.04. The molecule has 16 heavy (non-hydrogen) atoms. The number of hydrogen-bond donors (Lipinski definition) is 1. The van der Waals surface area contributed by atoms with Gasteiger partial charge in [-0.15, -0.1) is 0 Å². The summed E-state index contributed by atoms with van der Waals surface area (Å²) in [6.45, 7) is 4.53. The molecule has 0 amide bonds. The Morgan fingerprint density at radius 1 is 1.00 bits per heavy atom. The van der Waals surface area contributed by atoms with Gasteiger partial charge in [-0.2, -0.15) is 0 Å². The van der Waals surface area contributed by atoms with E-state index in [9.17, 15) is 0 Å². The molecule has 92 valence electrons. The van der Waals surface area contributed by atoms with Crippen LogP contribution in [-0.4, -0.2) is 4.98 Å². The highest BCUT2D eigenvalue weighted by Gasteiger charge is 2.08. The van der Waals surface area contributed by atoms with Crippen LogP contribution in [0.1, 0.15) is 63.5 Å². The molecule has 2 heteroatoms. The van der Waals surface area contributed by atoms with E-state index in [1.165, 1.54) is 55.1 Å². The van der Waals surface area contributed by atoms with Crippen molar-refractivity contribution in [1.82, 2.24) is 4.98 Å². The number of halogens is 1. The molecule has 0 bridgehead atoms. The number of hydrogen-bond acceptors (Lipinski definition) is 0. The second-order valence-electron chi connectivity index (χ2n) is 4.52. The lowest BCUT2D eigenvalue weighted by atomic mass is 10.0. The van der Waals surface area contributed by atoms with E-state index in [1.807, 2.05) is 0 Å². The summed E-state index contributed by atoms with van der Waals surface area (Å²) in [5.41, 5.74) is 3.15. The van der Waals surface area contributed by atoms with Crippen molar-refractivity contribution in [1.29, 1.82) is 0 Å². The van der Waals surface area contributed by atoms with Crippen LogP contribution in [-0.2, 0) is 12.8 Å². The topological polar surface area (TPSA) is 15.8 Å². The fourth-order valence-corrected chi connectivity index (χ4v) is 2.85. The molecule has 0 fully saturated rings. The van der Waals surface area contributed by atoms with Gasteiger partial charge in [-0.3, -0.25) is 0 Å². The summed E-state index contributed by atoms with van der Waals surface area (Å²) in [6, 6.07) is 0. The SMILES string of the molecule is CCCCCc1c[nH]c(I)c1CCCCC. The predicted octanol–water partition coefficient (Wildman–Crippen LogP) is 5.08. The number of rotatable bonds is 8. The maximum Gasteiger partial charge on any atom is 0.0807 e. The smallest absolute Gasteiger partial charge is 0.0807 e. The Labute approximate surface area is 114 Å². The first kappa shape index (κ1) is 14.1. The summed E-state index contributed by atoms with van der Waals surface area (Å²) in [5, 5.41) is 0. The number of aryl methyl sites for hydroxylation is 1. The average molecular weight is 333 g/mol. The van der Waals surface area contributed by atoms with E-state index in [0.29, 0.717) is 0 Å². The Hall–Kier alpha value is 0.01000. The van der Waals surface area contributed by atoms with Crippen molar-refractivity contribution < 1.29 is 0 Å². The zero-order valence-corrected chi connectivity index (χ0v) is 12.8. The zero-order chi connectivity index (χ0) is 11.8. The van der Waals surface area contributed by atoms with Crippen LogP contribution < -0.4 is 0 Å². The average Bonchev–Trinajstić information content (AvgIpc) is 2.62. The zero-order valence-electron chi connectivity index (χ0n) is 10.6. The summed E-state index contributed by atoms with van der Waals surface area (Å²) in [6.07, 6.45) is 12.8. The van der Waals surface area contributed by atoms with E-state index in [4.69, 9.17) is 0 Å². The molecule has 0 unspecified atom stereocenters. The van der Waals surface area contributed by atoms with Crippen molar-refractivity contribution in [3.8, 4) is 0 Å². The van der Waals surface area contributed by atoms with Crippen LogP contribution >= 0.6 is 22.6 Å². The molecule has 1 rings (SSSR count). The van der Waals surface area contributed by atoms with Crippen molar-refractivity contribution >= 4 is 22.6 Å². The minimum Gasteiger partial charge on any atom is -0.356 e. The van der Waals surface area contributed by atoms with E-state index in [-0.39, 0.29) is 0 Å². The van der Waals surface area contributed by atoms with E-state index < -0.39 is 0 Å². The highest BCUT2D eigenvalue weighted by Crippen LogP contribution is 2.21. The standard InChI is InChI=1S/C14H24IN/c1-3-5-7-9-12-11-16-14(15)13(12)10-8-6-4-2/h11,16H,3-10H2,1-2H3. The third kappa shape index (κ3) is 4.48. The van der Waals surface area contributed by atoms with Crippen molar-refractivity contribution in [2.24, 2.45) is 0 Å². The molecular weight excluding hydrogens is 309 g/mol. The molecule has 0 aliphatic heterocycles. The first-order chi connectivity index (χ1) is 7.79. The van der Waals surface area contributed by atoms with Gasteiger partial charge in [0.1, 0.15) is 0 Å². The minimum atomic E-state index is 1.26. The first-order valence-electron chi connectivity index (χ1n) is 6.64. The number of nitrogens with one attached hydrogen (secondary N) is 1. The fraction of sp³-hybridized carbons (Fsp3) is 0.714. The van der Waals surface area contributed by atoms with Gasteiger partial charge in [-0.05, 0) is 59.4 Å². The lowest BCUT2D eigenvalue weighted by Crippen LogP contribution is -1.93. The van der Waals surface area contributed by atoms with Gasteiger partial charge in [0.25, 0.3) is 0 Å². The molecule has 0 saturated heterocycles. The van der Waals surface area contributed by atoms with Crippen molar-refractivity contribution in [3.05, 3.63) is 21.0 Å². The molecule has 0 saturated carbocycles. The quantitative estimate of drug-likeness (QED) is 0.504. The highest BCUT2D eigenvalue weighted by molar-refractivity contribution is 14.1. The molecule has 1 nitrogen and oxygen atoms in total. The second kappa shape index (κ2) is 8.15. The Morgan fingerprint density at radius 2 is 1.62 bits per heavy atom. The van der Waals surface area contributed by atoms with Gasteiger partial charge in [0, 0.05) is 6.20 Å². The predicted molar refractivity (Wildman–Crippen MR) is 80.0 cm³/mol. The normalized spacial score (nSPS) is 10.9. The first-order valence-corrected chi connectivity index (χ1v) is 7.72. The van der Waals surface area contributed by atoms with E-state index in [2.05, 4.69) is 47.6 Å². The lowest BCUT2D eigenvalue weighted by molar-refractivity contribution is 0.695.